The number of benzene rings is 9. The molecule has 9 aromatic rings. The number of para-hydroxylation sites is 2. The molecule has 49 heavy (non-hydrogen) atoms. The van der Waals surface area contributed by atoms with Crippen LogP contribution in [0.4, 0.5) is 17.1 Å². The number of hydrogen-bond donors (Lipinski definition) is 0. The zero-order valence-electron chi connectivity index (χ0n) is 27.0. The van der Waals surface area contributed by atoms with Gasteiger partial charge in [0.1, 0.15) is 0 Å². The van der Waals surface area contributed by atoms with Crippen LogP contribution in [-0.4, -0.2) is 0 Å². The summed E-state index contributed by atoms with van der Waals surface area (Å²) in [4.78, 5) is 2.37. The predicted octanol–water partition coefficient (Wildman–Crippen LogP) is 13.6. The highest BCUT2D eigenvalue weighted by molar-refractivity contribution is 6.17. The number of anilines is 3. The Balaban J connectivity index is 1.15. The molecule has 0 atom stereocenters. The van der Waals surface area contributed by atoms with Crippen LogP contribution in [0, 0.1) is 0 Å². The summed E-state index contributed by atoms with van der Waals surface area (Å²) in [5.74, 6) is 0. The summed E-state index contributed by atoms with van der Waals surface area (Å²) in [6, 6.07) is 72.3. The van der Waals surface area contributed by atoms with Crippen LogP contribution in [0.5, 0.6) is 0 Å². The minimum absolute atomic E-state index is 1.11. The van der Waals surface area contributed by atoms with Crippen LogP contribution in [0.2, 0.25) is 0 Å². The van der Waals surface area contributed by atoms with Gasteiger partial charge >= 0.3 is 0 Å². The van der Waals surface area contributed by atoms with E-state index in [0.29, 0.717) is 0 Å². The highest BCUT2D eigenvalue weighted by Crippen LogP contribution is 2.43. The number of nitrogens with zero attached hydrogens (tertiary/aromatic N) is 1. The van der Waals surface area contributed by atoms with Crippen molar-refractivity contribution in [2.24, 2.45) is 0 Å². The first-order valence-corrected chi connectivity index (χ1v) is 16.9. The molecule has 0 aromatic heterocycles. The second-order valence-corrected chi connectivity index (χ2v) is 12.5. The van der Waals surface area contributed by atoms with E-state index in [2.05, 4.69) is 205 Å². The Morgan fingerprint density at radius 1 is 0.265 bits per heavy atom. The molecule has 0 bridgehead atoms. The minimum Gasteiger partial charge on any atom is -0.310 e. The lowest BCUT2D eigenvalue weighted by molar-refractivity contribution is 1.28. The van der Waals surface area contributed by atoms with Crippen molar-refractivity contribution in [3.63, 3.8) is 0 Å². The van der Waals surface area contributed by atoms with Gasteiger partial charge in [-0.15, -0.1) is 0 Å². The fourth-order valence-electron chi connectivity index (χ4n) is 7.31. The monoisotopic (exact) mass is 623 g/mol. The fourth-order valence-corrected chi connectivity index (χ4v) is 7.31. The van der Waals surface area contributed by atoms with Crippen molar-refractivity contribution in [2.45, 2.75) is 0 Å². The van der Waals surface area contributed by atoms with Crippen LogP contribution in [0.15, 0.2) is 200 Å². The molecule has 9 aromatic carbocycles. The molecule has 0 fully saturated rings. The normalized spacial score (nSPS) is 11.3. The second kappa shape index (κ2) is 12.3. The molecule has 0 aliphatic carbocycles. The Morgan fingerprint density at radius 2 is 0.755 bits per heavy atom. The summed E-state index contributed by atoms with van der Waals surface area (Å²) >= 11 is 0. The van der Waals surface area contributed by atoms with Gasteiger partial charge in [-0.25, -0.2) is 0 Å². The first-order chi connectivity index (χ1) is 24.3. The summed E-state index contributed by atoms with van der Waals surface area (Å²) in [5.41, 5.74) is 10.6. The summed E-state index contributed by atoms with van der Waals surface area (Å²) in [6.07, 6.45) is 0. The third kappa shape index (κ3) is 5.23. The molecule has 0 saturated carbocycles. The van der Waals surface area contributed by atoms with Crippen molar-refractivity contribution in [1.29, 1.82) is 0 Å². The van der Waals surface area contributed by atoms with Crippen LogP contribution >= 0.6 is 0 Å². The Kier molecular flexibility index (Phi) is 7.22. The standard InChI is InChI=1S/C48H33N/c1-3-13-34(14-4-1)41-18-9-10-19-42(41)36-23-28-40(29-24-36)49(39-16-5-2-6-17-39)48-22-12-11-21-45(48)38-26-30-44-37(33-38)27-32-46-43-20-8-7-15-35(43)25-31-47(44)46/h1-33H. The Bertz CT molecular complexity index is 2590. The number of hydrogen-bond acceptors (Lipinski definition) is 1. The van der Waals surface area contributed by atoms with Gasteiger partial charge in [0.05, 0.1) is 5.69 Å². The second-order valence-electron chi connectivity index (χ2n) is 12.5. The molecule has 0 saturated heterocycles. The highest BCUT2D eigenvalue weighted by atomic mass is 15.1. The summed E-state index contributed by atoms with van der Waals surface area (Å²) < 4.78 is 0. The van der Waals surface area contributed by atoms with Gasteiger partial charge in [0, 0.05) is 16.9 Å². The van der Waals surface area contributed by atoms with Crippen molar-refractivity contribution in [3.8, 4) is 33.4 Å². The first-order valence-electron chi connectivity index (χ1n) is 16.9. The summed E-state index contributed by atoms with van der Waals surface area (Å²) in [5, 5.41) is 7.66. The number of rotatable bonds is 6. The Labute approximate surface area is 287 Å². The molecule has 0 amide bonds. The van der Waals surface area contributed by atoms with E-state index in [0.717, 1.165) is 17.1 Å². The van der Waals surface area contributed by atoms with Gasteiger partial charge in [-0.05, 0) is 96.5 Å². The van der Waals surface area contributed by atoms with Crippen LogP contribution < -0.4 is 4.90 Å². The predicted molar refractivity (Wildman–Crippen MR) is 210 cm³/mol. The van der Waals surface area contributed by atoms with Gasteiger partial charge in [0.25, 0.3) is 0 Å². The van der Waals surface area contributed by atoms with Crippen LogP contribution in [0.1, 0.15) is 0 Å². The largest absolute Gasteiger partial charge is 0.310 e. The van der Waals surface area contributed by atoms with E-state index in [1.807, 2.05) is 0 Å². The molecule has 1 heteroatoms. The molecule has 230 valence electrons. The zero-order valence-corrected chi connectivity index (χ0v) is 27.0. The van der Waals surface area contributed by atoms with Crippen molar-refractivity contribution in [3.05, 3.63) is 200 Å². The summed E-state index contributed by atoms with van der Waals surface area (Å²) in [6.45, 7) is 0. The van der Waals surface area contributed by atoms with Crippen LogP contribution in [-0.2, 0) is 0 Å². The SMILES string of the molecule is c1ccc(-c2ccccc2-c2ccc(N(c3ccccc3)c3ccccc3-c3ccc4c(ccc5c6ccccc6ccc45)c3)cc2)cc1. The molecule has 0 heterocycles. The Morgan fingerprint density at radius 3 is 1.49 bits per heavy atom. The van der Waals surface area contributed by atoms with Crippen molar-refractivity contribution < 1.29 is 0 Å². The fraction of sp³-hybridized carbons (Fsp3) is 0. The molecular weight excluding hydrogens is 591 g/mol. The molecule has 0 aliphatic heterocycles. The topological polar surface area (TPSA) is 3.24 Å². The molecular formula is C48H33N. The van der Waals surface area contributed by atoms with Gasteiger partial charge in [-0.3, -0.25) is 0 Å². The highest BCUT2D eigenvalue weighted by Gasteiger charge is 2.18. The van der Waals surface area contributed by atoms with Crippen molar-refractivity contribution >= 4 is 49.4 Å². The molecule has 0 N–H and O–H groups in total. The molecule has 0 spiro atoms. The molecule has 1 nitrogen and oxygen atoms in total. The van der Waals surface area contributed by atoms with E-state index in [1.165, 1.54) is 65.7 Å². The molecule has 0 radical (unpaired) electrons. The number of fused-ring (bicyclic) bond motifs is 5. The van der Waals surface area contributed by atoms with Crippen LogP contribution in [0.25, 0.3) is 65.7 Å². The van der Waals surface area contributed by atoms with E-state index in [-0.39, 0.29) is 0 Å². The Hall–Kier alpha value is -6.44. The lowest BCUT2D eigenvalue weighted by atomic mass is 9.93. The van der Waals surface area contributed by atoms with E-state index in [9.17, 15) is 0 Å². The van der Waals surface area contributed by atoms with Crippen LogP contribution in [0.3, 0.4) is 0 Å². The maximum Gasteiger partial charge on any atom is 0.0540 e. The van der Waals surface area contributed by atoms with Gasteiger partial charge in [-0.2, -0.15) is 0 Å². The van der Waals surface area contributed by atoms with Gasteiger partial charge in [0.15, 0.2) is 0 Å². The summed E-state index contributed by atoms with van der Waals surface area (Å²) in [7, 11) is 0. The molecule has 0 aliphatic rings. The minimum atomic E-state index is 1.11. The van der Waals surface area contributed by atoms with Gasteiger partial charge < -0.3 is 4.90 Å². The maximum atomic E-state index is 2.37. The molecule has 9 rings (SSSR count). The van der Waals surface area contributed by atoms with E-state index in [4.69, 9.17) is 0 Å². The smallest absolute Gasteiger partial charge is 0.0540 e. The first kappa shape index (κ1) is 28.8. The van der Waals surface area contributed by atoms with Crippen molar-refractivity contribution in [2.75, 3.05) is 4.90 Å². The van der Waals surface area contributed by atoms with Gasteiger partial charge in [0.2, 0.25) is 0 Å². The van der Waals surface area contributed by atoms with Gasteiger partial charge in [-0.1, -0.05) is 164 Å². The van der Waals surface area contributed by atoms with Crippen molar-refractivity contribution in [1.82, 2.24) is 0 Å². The van der Waals surface area contributed by atoms with E-state index >= 15 is 0 Å². The lowest BCUT2D eigenvalue weighted by Gasteiger charge is -2.28. The average Bonchev–Trinajstić information content (AvgIpc) is 3.19. The van der Waals surface area contributed by atoms with E-state index < -0.39 is 0 Å². The molecule has 0 unspecified atom stereocenters. The lowest BCUT2D eigenvalue weighted by Crippen LogP contribution is -2.11. The average molecular weight is 624 g/mol. The maximum absolute atomic E-state index is 2.37. The van der Waals surface area contributed by atoms with E-state index in [1.54, 1.807) is 0 Å². The zero-order chi connectivity index (χ0) is 32.6. The third-order valence-electron chi connectivity index (χ3n) is 9.66. The quantitative estimate of drug-likeness (QED) is 0.167. The third-order valence-corrected chi connectivity index (χ3v) is 9.66.